The standard InChI is InChI=1S/C12H13BrN2O2S2/c1-9-8-11(18-12(9)13)19(16,17)15-7-5-10-4-2-3-6-14-10/h2-4,6,8,15H,5,7H2,1H3. The molecule has 0 fully saturated rings. The van der Waals surface area contributed by atoms with E-state index >= 15 is 0 Å². The number of hydrogen-bond acceptors (Lipinski definition) is 4. The van der Waals surface area contributed by atoms with Gasteiger partial charge in [-0.1, -0.05) is 6.07 Å². The molecule has 1 N–H and O–H groups in total. The lowest BCUT2D eigenvalue weighted by atomic mass is 10.3. The molecule has 0 aliphatic rings. The predicted molar refractivity (Wildman–Crippen MR) is 79.9 cm³/mol. The molecule has 2 heterocycles. The Bertz CT molecular complexity index is 634. The Labute approximate surface area is 125 Å². The topological polar surface area (TPSA) is 59.1 Å². The maximum Gasteiger partial charge on any atom is 0.250 e. The molecule has 102 valence electrons. The molecule has 0 atom stereocenters. The van der Waals surface area contributed by atoms with Crippen LogP contribution in [0, 0.1) is 6.92 Å². The minimum absolute atomic E-state index is 0.331. The van der Waals surface area contributed by atoms with E-state index in [0.29, 0.717) is 17.2 Å². The fourth-order valence-electron chi connectivity index (χ4n) is 1.49. The van der Waals surface area contributed by atoms with E-state index in [1.807, 2.05) is 25.1 Å². The molecule has 0 aromatic carbocycles. The Balaban J connectivity index is 1.99. The maximum atomic E-state index is 12.0. The summed E-state index contributed by atoms with van der Waals surface area (Å²) in [6, 6.07) is 7.26. The second-order valence-corrected chi connectivity index (χ2v) is 8.35. The van der Waals surface area contributed by atoms with Crippen LogP contribution in [0.3, 0.4) is 0 Å². The molecular weight excluding hydrogens is 348 g/mol. The van der Waals surface area contributed by atoms with Crippen LogP contribution in [-0.4, -0.2) is 19.9 Å². The minimum atomic E-state index is -3.42. The van der Waals surface area contributed by atoms with Crippen molar-refractivity contribution in [3.05, 3.63) is 45.5 Å². The highest BCUT2D eigenvalue weighted by Gasteiger charge is 2.17. The zero-order valence-electron chi connectivity index (χ0n) is 10.3. The van der Waals surface area contributed by atoms with E-state index in [9.17, 15) is 8.42 Å². The van der Waals surface area contributed by atoms with E-state index < -0.39 is 10.0 Å². The summed E-state index contributed by atoms with van der Waals surface area (Å²) in [7, 11) is -3.42. The Morgan fingerprint density at radius 2 is 2.21 bits per heavy atom. The number of aromatic nitrogens is 1. The fourth-order valence-corrected chi connectivity index (χ4v) is 4.80. The van der Waals surface area contributed by atoms with E-state index in [4.69, 9.17) is 0 Å². The highest BCUT2D eigenvalue weighted by molar-refractivity contribution is 9.11. The second-order valence-electron chi connectivity index (χ2n) is 3.99. The number of nitrogens with one attached hydrogen (secondary N) is 1. The van der Waals surface area contributed by atoms with Gasteiger partial charge < -0.3 is 0 Å². The number of aryl methyl sites for hydroxylation is 1. The Kier molecular flexibility index (Phi) is 4.72. The summed E-state index contributed by atoms with van der Waals surface area (Å²) in [6.07, 6.45) is 2.27. The predicted octanol–water partition coefficient (Wildman–Crippen LogP) is 2.74. The highest BCUT2D eigenvalue weighted by atomic mass is 79.9. The summed E-state index contributed by atoms with van der Waals surface area (Å²) in [5.41, 5.74) is 1.80. The molecule has 0 amide bonds. The first-order chi connectivity index (χ1) is 8.99. The first-order valence-corrected chi connectivity index (χ1v) is 8.74. The van der Waals surface area contributed by atoms with Gasteiger partial charge in [0, 0.05) is 24.9 Å². The van der Waals surface area contributed by atoms with E-state index in [1.165, 1.54) is 11.3 Å². The molecule has 0 unspecified atom stereocenters. The molecule has 0 bridgehead atoms. The summed E-state index contributed by atoms with van der Waals surface area (Å²) in [6.45, 7) is 2.21. The molecule has 4 nitrogen and oxygen atoms in total. The molecule has 0 spiro atoms. The minimum Gasteiger partial charge on any atom is -0.261 e. The van der Waals surface area contributed by atoms with Crippen LogP contribution >= 0.6 is 27.3 Å². The fraction of sp³-hybridized carbons (Fsp3) is 0.250. The van der Waals surface area contributed by atoms with Crippen LogP contribution in [0.1, 0.15) is 11.3 Å². The second kappa shape index (κ2) is 6.13. The number of rotatable bonds is 5. The number of nitrogens with zero attached hydrogens (tertiary/aromatic N) is 1. The van der Waals surface area contributed by atoms with Crippen LogP contribution in [-0.2, 0) is 16.4 Å². The summed E-state index contributed by atoms with van der Waals surface area (Å²) in [5, 5.41) is 0. The van der Waals surface area contributed by atoms with Gasteiger partial charge in [0.15, 0.2) is 0 Å². The van der Waals surface area contributed by atoms with Gasteiger partial charge >= 0.3 is 0 Å². The molecular formula is C12H13BrN2O2S2. The molecule has 0 saturated heterocycles. The average molecular weight is 361 g/mol. The number of hydrogen-bond donors (Lipinski definition) is 1. The van der Waals surface area contributed by atoms with E-state index in [0.717, 1.165) is 15.0 Å². The SMILES string of the molecule is Cc1cc(S(=O)(=O)NCCc2ccccn2)sc1Br. The molecule has 2 rings (SSSR count). The quantitative estimate of drug-likeness (QED) is 0.891. The Hall–Kier alpha value is -0.760. The van der Waals surface area contributed by atoms with Crippen LogP contribution in [0.2, 0.25) is 0 Å². The van der Waals surface area contributed by atoms with Gasteiger partial charge in [0.2, 0.25) is 10.0 Å². The van der Waals surface area contributed by atoms with Crippen LogP contribution in [0.15, 0.2) is 38.5 Å². The third-order valence-electron chi connectivity index (χ3n) is 2.50. The summed E-state index contributed by atoms with van der Waals surface area (Å²) in [4.78, 5) is 4.15. The van der Waals surface area contributed by atoms with Crippen LogP contribution < -0.4 is 4.72 Å². The first-order valence-electron chi connectivity index (χ1n) is 5.64. The number of halogens is 1. The molecule has 2 aromatic rings. The van der Waals surface area contributed by atoms with Crippen molar-refractivity contribution in [1.29, 1.82) is 0 Å². The zero-order chi connectivity index (χ0) is 13.9. The Morgan fingerprint density at radius 3 is 2.79 bits per heavy atom. The highest BCUT2D eigenvalue weighted by Crippen LogP contribution is 2.30. The van der Waals surface area contributed by atoms with Crippen molar-refractivity contribution in [3.63, 3.8) is 0 Å². The molecule has 2 aromatic heterocycles. The van der Waals surface area contributed by atoms with Gasteiger partial charge in [-0.2, -0.15) is 0 Å². The van der Waals surface area contributed by atoms with Crippen molar-refractivity contribution in [2.45, 2.75) is 17.6 Å². The summed E-state index contributed by atoms with van der Waals surface area (Å²) >= 11 is 4.55. The number of thiophene rings is 1. The van der Waals surface area contributed by atoms with Gasteiger partial charge in [0.25, 0.3) is 0 Å². The molecule has 0 aliphatic heterocycles. The van der Waals surface area contributed by atoms with Crippen molar-refractivity contribution < 1.29 is 8.42 Å². The normalized spacial score (nSPS) is 11.7. The van der Waals surface area contributed by atoms with Gasteiger partial charge in [-0.05, 0) is 46.6 Å². The van der Waals surface area contributed by atoms with Crippen molar-refractivity contribution in [2.75, 3.05) is 6.54 Å². The van der Waals surface area contributed by atoms with Crippen molar-refractivity contribution in [1.82, 2.24) is 9.71 Å². The molecule has 7 heteroatoms. The number of pyridine rings is 1. The van der Waals surface area contributed by atoms with Gasteiger partial charge in [-0.15, -0.1) is 11.3 Å². The van der Waals surface area contributed by atoms with E-state index in [1.54, 1.807) is 12.3 Å². The summed E-state index contributed by atoms with van der Waals surface area (Å²) in [5.74, 6) is 0. The smallest absolute Gasteiger partial charge is 0.250 e. The van der Waals surface area contributed by atoms with Crippen molar-refractivity contribution >= 4 is 37.3 Å². The Morgan fingerprint density at radius 1 is 1.42 bits per heavy atom. The van der Waals surface area contributed by atoms with Gasteiger partial charge in [0.05, 0.1) is 3.79 Å². The molecule has 0 saturated carbocycles. The lowest BCUT2D eigenvalue weighted by molar-refractivity contribution is 0.583. The van der Waals surface area contributed by atoms with Gasteiger partial charge in [-0.25, -0.2) is 13.1 Å². The summed E-state index contributed by atoms with van der Waals surface area (Å²) < 4.78 is 27.9. The zero-order valence-corrected chi connectivity index (χ0v) is 13.5. The van der Waals surface area contributed by atoms with Gasteiger partial charge in [-0.3, -0.25) is 4.98 Å². The van der Waals surface area contributed by atoms with Crippen LogP contribution in [0.25, 0.3) is 0 Å². The molecule has 19 heavy (non-hydrogen) atoms. The van der Waals surface area contributed by atoms with Gasteiger partial charge in [0.1, 0.15) is 4.21 Å². The van der Waals surface area contributed by atoms with Crippen molar-refractivity contribution in [3.8, 4) is 0 Å². The van der Waals surface area contributed by atoms with E-state index in [-0.39, 0.29) is 0 Å². The third kappa shape index (κ3) is 3.85. The molecule has 0 aliphatic carbocycles. The van der Waals surface area contributed by atoms with E-state index in [2.05, 4.69) is 25.6 Å². The van der Waals surface area contributed by atoms with Crippen LogP contribution in [0.5, 0.6) is 0 Å². The number of sulfonamides is 1. The van der Waals surface area contributed by atoms with Crippen LogP contribution in [0.4, 0.5) is 0 Å². The lowest BCUT2D eigenvalue weighted by Crippen LogP contribution is -2.25. The monoisotopic (exact) mass is 360 g/mol. The molecule has 0 radical (unpaired) electrons. The first kappa shape index (κ1) is 14.6. The largest absolute Gasteiger partial charge is 0.261 e. The third-order valence-corrected chi connectivity index (χ3v) is 6.57. The van der Waals surface area contributed by atoms with Crippen molar-refractivity contribution in [2.24, 2.45) is 0 Å². The average Bonchev–Trinajstić information content (AvgIpc) is 2.72. The lowest BCUT2D eigenvalue weighted by Gasteiger charge is -2.04. The maximum absolute atomic E-state index is 12.0.